The molecule has 1 saturated heterocycles. The van der Waals surface area contributed by atoms with Gasteiger partial charge in [-0.05, 0) is 44.0 Å². The lowest BCUT2D eigenvalue weighted by Gasteiger charge is -2.30. The lowest BCUT2D eigenvalue weighted by Crippen LogP contribution is -2.38. The minimum absolute atomic E-state index is 0.0335. The van der Waals surface area contributed by atoms with E-state index in [0.717, 1.165) is 42.5 Å². The van der Waals surface area contributed by atoms with Gasteiger partial charge < -0.3 is 19.9 Å². The van der Waals surface area contributed by atoms with Gasteiger partial charge in [-0.2, -0.15) is 4.98 Å². The Balaban J connectivity index is 1.35. The fraction of sp³-hybridized carbons (Fsp3) is 0.368. The number of benzene rings is 1. The fourth-order valence-electron chi connectivity index (χ4n) is 3.27. The molecule has 0 spiro atoms. The van der Waals surface area contributed by atoms with E-state index in [1.807, 2.05) is 31.2 Å². The van der Waals surface area contributed by atoms with Crippen molar-refractivity contribution in [1.82, 2.24) is 15.0 Å². The standard InChI is InChI=1S/C19H21N5O3S/c1-2-27-14-5-3-13(4-6-14)22-17(25)12-7-9-24(10-8-12)19-23-16-15(28-19)18(26)21-11-20-16/h3-6,11-12H,2,7-10H2,1H3,(H,22,25)(H,20,21,26). The Hall–Kier alpha value is -2.94. The molecule has 1 aliphatic heterocycles. The van der Waals surface area contributed by atoms with Crippen molar-refractivity contribution in [2.75, 3.05) is 29.9 Å². The quantitative estimate of drug-likeness (QED) is 0.684. The minimum atomic E-state index is -0.168. The van der Waals surface area contributed by atoms with Crippen molar-refractivity contribution in [1.29, 1.82) is 0 Å². The zero-order valence-corrected chi connectivity index (χ0v) is 16.3. The smallest absolute Gasteiger partial charge is 0.270 e. The lowest BCUT2D eigenvalue weighted by atomic mass is 9.96. The predicted octanol–water partition coefficient (Wildman–Crippen LogP) is 2.63. The number of hydrogen-bond acceptors (Lipinski definition) is 7. The number of piperidine rings is 1. The molecule has 1 aromatic carbocycles. The van der Waals surface area contributed by atoms with Gasteiger partial charge in [0.15, 0.2) is 10.8 Å². The van der Waals surface area contributed by atoms with Crippen molar-refractivity contribution in [3.63, 3.8) is 0 Å². The van der Waals surface area contributed by atoms with Gasteiger partial charge in [0, 0.05) is 24.7 Å². The van der Waals surface area contributed by atoms with Crippen molar-refractivity contribution in [2.45, 2.75) is 19.8 Å². The highest BCUT2D eigenvalue weighted by atomic mass is 32.1. The van der Waals surface area contributed by atoms with E-state index in [-0.39, 0.29) is 17.4 Å². The molecule has 0 unspecified atom stereocenters. The lowest BCUT2D eigenvalue weighted by molar-refractivity contribution is -0.120. The maximum absolute atomic E-state index is 12.6. The third-order valence-corrected chi connectivity index (χ3v) is 5.86. The zero-order valence-electron chi connectivity index (χ0n) is 15.5. The largest absolute Gasteiger partial charge is 0.494 e. The Bertz CT molecular complexity index is 1020. The average Bonchev–Trinajstić information content (AvgIpc) is 3.16. The van der Waals surface area contributed by atoms with Crippen molar-refractivity contribution in [3.8, 4) is 5.75 Å². The Labute approximate surface area is 165 Å². The molecule has 0 bridgehead atoms. The highest BCUT2D eigenvalue weighted by Crippen LogP contribution is 2.29. The summed E-state index contributed by atoms with van der Waals surface area (Å²) in [7, 11) is 0. The van der Waals surface area contributed by atoms with E-state index < -0.39 is 0 Å². The first-order valence-corrected chi connectivity index (χ1v) is 10.1. The van der Waals surface area contributed by atoms with Crippen LogP contribution in [-0.2, 0) is 4.79 Å². The Morgan fingerprint density at radius 2 is 2.07 bits per heavy atom. The third-order valence-electron chi connectivity index (χ3n) is 4.76. The summed E-state index contributed by atoms with van der Waals surface area (Å²) in [5, 5.41) is 3.77. The molecule has 0 saturated carbocycles. The molecule has 0 aliphatic carbocycles. The van der Waals surface area contributed by atoms with Gasteiger partial charge >= 0.3 is 0 Å². The van der Waals surface area contributed by atoms with Gasteiger partial charge in [0.05, 0.1) is 12.9 Å². The van der Waals surface area contributed by atoms with E-state index in [4.69, 9.17) is 4.74 Å². The van der Waals surface area contributed by atoms with Crippen molar-refractivity contribution < 1.29 is 9.53 Å². The number of thiazole rings is 1. The van der Waals surface area contributed by atoms with Crippen LogP contribution in [0.5, 0.6) is 5.75 Å². The summed E-state index contributed by atoms with van der Waals surface area (Å²) in [4.78, 5) is 37.7. The number of anilines is 2. The molecule has 2 N–H and O–H groups in total. The second-order valence-corrected chi connectivity index (χ2v) is 7.57. The summed E-state index contributed by atoms with van der Waals surface area (Å²) in [6.45, 7) is 3.99. The molecule has 8 nitrogen and oxygen atoms in total. The van der Waals surface area contributed by atoms with Crippen LogP contribution in [0.15, 0.2) is 35.4 Å². The zero-order chi connectivity index (χ0) is 19.5. The molecule has 9 heteroatoms. The number of H-pyrrole nitrogens is 1. The molecular weight excluding hydrogens is 378 g/mol. The Morgan fingerprint density at radius 1 is 1.32 bits per heavy atom. The number of fused-ring (bicyclic) bond motifs is 1. The van der Waals surface area contributed by atoms with Gasteiger partial charge in [-0.25, -0.2) is 4.98 Å². The molecule has 0 atom stereocenters. The van der Waals surface area contributed by atoms with Gasteiger partial charge in [-0.3, -0.25) is 9.59 Å². The van der Waals surface area contributed by atoms with Gasteiger partial charge in [-0.1, -0.05) is 11.3 Å². The summed E-state index contributed by atoms with van der Waals surface area (Å²) >= 11 is 1.34. The summed E-state index contributed by atoms with van der Waals surface area (Å²) in [5.74, 6) is 0.780. The molecule has 3 heterocycles. The normalized spacial score (nSPS) is 15.0. The maximum atomic E-state index is 12.6. The van der Waals surface area contributed by atoms with E-state index in [1.54, 1.807) is 0 Å². The van der Waals surface area contributed by atoms with E-state index in [1.165, 1.54) is 17.7 Å². The number of aromatic amines is 1. The van der Waals surface area contributed by atoms with Crippen LogP contribution in [0.1, 0.15) is 19.8 Å². The molecule has 3 aromatic rings. The number of aromatic nitrogens is 3. The number of ether oxygens (including phenoxy) is 1. The monoisotopic (exact) mass is 399 g/mol. The van der Waals surface area contributed by atoms with Crippen LogP contribution in [0.25, 0.3) is 10.3 Å². The van der Waals surface area contributed by atoms with Crippen LogP contribution < -0.4 is 20.5 Å². The van der Waals surface area contributed by atoms with Gasteiger partial charge in [0.1, 0.15) is 10.4 Å². The van der Waals surface area contributed by atoms with Crippen LogP contribution in [0, 0.1) is 5.92 Å². The summed E-state index contributed by atoms with van der Waals surface area (Å²) in [6, 6.07) is 7.41. The molecule has 0 radical (unpaired) electrons. The number of nitrogens with one attached hydrogen (secondary N) is 2. The summed E-state index contributed by atoms with van der Waals surface area (Å²) in [5.41, 5.74) is 1.07. The third kappa shape index (κ3) is 3.84. The van der Waals surface area contributed by atoms with Crippen molar-refractivity contribution in [3.05, 3.63) is 40.9 Å². The van der Waals surface area contributed by atoms with Gasteiger partial charge in [0.25, 0.3) is 5.56 Å². The van der Waals surface area contributed by atoms with Crippen LogP contribution >= 0.6 is 11.3 Å². The summed E-state index contributed by atoms with van der Waals surface area (Å²) < 4.78 is 5.95. The molecule has 1 amide bonds. The fourth-order valence-corrected chi connectivity index (χ4v) is 4.24. The maximum Gasteiger partial charge on any atom is 0.270 e. The second-order valence-electron chi connectivity index (χ2n) is 6.59. The van der Waals surface area contributed by atoms with Crippen LogP contribution in [0.3, 0.4) is 0 Å². The molecule has 4 rings (SSSR count). The van der Waals surface area contributed by atoms with Gasteiger partial charge in [0.2, 0.25) is 5.91 Å². The Morgan fingerprint density at radius 3 is 2.75 bits per heavy atom. The number of carbonyl (C=O) groups excluding carboxylic acids is 1. The molecule has 146 valence electrons. The summed E-state index contributed by atoms with van der Waals surface area (Å²) in [6.07, 6.45) is 2.84. The first kappa shape index (κ1) is 18.4. The average molecular weight is 399 g/mol. The minimum Gasteiger partial charge on any atom is -0.494 e. The molecule has 2 aromatic heterocycles. The SMILES string of the molecule is CCOc1ccc(NC(=O)C2CCN(c3nc4nc[nH]c(=O)c4s3)CC2)cc1. The highest BCUT2D eigenvalue weighted by Gasteiger charge is 2.27. The topological polar surface area (TPSA) is 100 Å². The molecule has 1 fully saturated rings. The first-order chi connectivity index (χ1) is 13.6. The molecule has 1 aliphatic rings. The van der Waals surface area contributed by atoms with E-state index >= 15 is 0 Å². The number of rotatable bonds is 5. The highest BCUT2D eigenvalue weighted by molar-refractivity contribution is 7.22. The predicted molar refractivity (Wildman–Crippen MR) is 109 cm³/mol. The van der Waals surface area contributed by atoms with E-state index in [2.05, 4.69) is 25.2 Å². The molecule has 28 heavy (non-hydrogen) atoms. The van der Waals surface area contributed by atoms with Crippen LogP contribution in [0.4, 0.5) is 10.8 Å². The number of carbonyl (C=O) groups is 1. The van der Waals surface area contributed by atoms with E-state index in [9.17, 15) is 9.59 Å². The Kier molecular flexibility index (Phi) is 5.25. The van der Waals surface area contributed by atoms with E-state index in [0.29, 0.717) is 17.0 Å². The number of amides is 1. The van der Waals surface area contributed by atoms with Crippen LogP contribution in [0.2, 0.25) is 0 Å². The first-order valence-electron chi connectivity index (χ1n) is 9.27. The second kappa shape index (κ2) is 7.97. The van der Waals surface area contributed by atoms with Gasteiger partial charge in [-0.15, -0.1) is 0 Å². The van der Waals surface area contributed by atoms with Crippen LogP contribution in [-0.4, -0.2) is 40.6 Å². The van der Waals surface area contributed by atoms with Crippen molar-refractivity contribution in [2.24, 2.45) is 5.92 Å². The number of hydrogen-bond donors (Lipinski definition) is 2. The number of nitrogens with zero attached hydrogens (tertiary/aromatic N) is 3. The van der Waals surface area contributed by atoms with Crippen molar-refractivity contribution >= 4 is 38.4 Å². The molecular formula is C19H21N5O3S.